The van der Waals surface area contributed by atoms with Crippen molar-refractivity contribution in [2.75, 3.05) is 39.5 Å². The van der Waals surface area contributed by atoms with Crippen LogP contribution >= 0.6 is 0 Å². The molecule has 1 aromatic rings. The molecule has 1 unspecified atom stereocenters. The molecule has 0 spiro atoms. The van der Waals surface area contributed by atoms with Crippen molar-refractivity contribution in [1.29, 1.82) is 0 Å². The molecular weight excluding hydrogens is 292 g/mol. The van der Waals surface area contributed by atoms with Crippen molar-refractivity contribution in [3.05, 3.63) is 35.4 Å². The summed E-state index contributed by atoms with van der Waals surface area (Å²) in [6.07, 6.45) is 2.90. The van der Waals surface area contributed by atoms with Gasteiger partial charge in [-0.05, 0) is 30.4 Å². The van der Waals surface area contributed by atoms with E-state index in [2.05, 4.69) is 23.5 Å². The summed E-state index contributed by atoms with van der Waals surface area (Å²) in [6, 6.07) is 8.38. The average Bonchev–Trinajstić information content (AvgIpc) is 3.10. The quantitative estimate of drug-likeness (QED) is 0.818. The number of fused-ring (bicyclic) bond motifs is 1. The summed E-state index contributed by atoms with van der Waals surface area (Å²) in [5.74, 6) is 0.554. The van der Waals surface area contributed by atoms with Gasteiger partial charge in [0.05, 0.1) is 13.2 Å². The highest BCUT2D eigenvalue weighted by Gasteiger charge is 2.19. The molecule has 0 aromatic heterocycles. The van der Waals surface area contributed by atoms with E-state index < -0.39 is 0 Å². The third kappa shape index (κ3) is 4.69. The standard InChI is InChI=1S/C18H26N2O3/c21-18(19-8-3-10-22-13-15-7-11-23-14-15)20-9-6-16-4-1-2-5-17(16)12-20/h1-2,4-5,15H,3,6-14H2,(H,19,21). The van der Waals surface area contributed by atoms with Crippen molar-refractivity contribution in [3.63, 3.8) is 0 Å². The Bertz CT molecular complexity index is 515. The number of nitrogens with zero attached hydrogens (tertiary/aromatic N) is 1. The number of ether oxygens (including phenoxy) is 2. The van der Waals surface area contributed by atoms with Gasteiger partial charge >= 0.3 is 6.03 Å². The second-order valence-electron chi connectivity index (χ2n) is 6.33. The number of nitrogens with one attached hydrogen (secondary N) is 1. The van der Waals surface area contributed by atoms with Gasteiger partial charge in [-0.3, -0.25) is 0 Å². The molecule has 0 aliphatic carbocycles. The van der Waals surface area contributed by atoms with Crippen molar-refractivity contribution in [3.8, 4) is 0 Å². The normalized spacial score (nSPS) is 20.3. The zero-order valence-electron chi connectivity index (χ0n) is 13.6. The highest BCUT2D eigenvalue weighted by Crippen LogP contribution is 2.18. The Morgan fingerprint density at radius 1 is 1.35 bits per heavy atom. The lowest BCUT2D eigenvalue weighted by Gasteiger charge is -2.29. The van der Waals surface area contributed by atoms with Crippen molar-refractivity contribution < 1.29 is 14.3 Å². The van der Waals surface area contributed by atoms with E-state index in [-0.39, 0.29) is 6.03 Å². The average molecular weight is 318 g/mol. The van der Waals surface area contributed by atoms with Gasteiger partial charge in [-0.15, -0.1) is 0 Å². The van der Waals surface area contributed by atoms with Crippen LogP contribution in [0.3, 0.4) is 0 Å². The van der Waals surface area contributed by atoms with Crippen molar-refractivity contribution >= 4 is 6.03 Å². The van der Waals surface area contributed by atoms with E-state index in [1.807, 2.05) is 11.0 Å². The molecule has 0 saturated carbocycles. The van der Waals surface area contributed by atoms with Gasteiger partial charge in [0, 0.05) is 38.8 Å². The predicted octanol–water partition coefficient (Wildman–Crippen LogP) is 2.20. The van der Waals surface area contributed by atoms with Gasteiger partial charge in [-0.2, -0.15) is 0 Å². The van der Waals surface area contributed by atoms with Crippen LogP contribution in [-0.4, -0.2) is 50.4 Å². The molecule has 5 heteroatoms. The first-order chi connectivity index (χ1) is 11.3. The van der Waals surface area contributed by atoms with E-state index in [9.17, 15) is 4.79 Å². The summed E-state index contributed by atoms with van der Waals surface area (Å²) in [5.41, 5.74) is 2.62. The highest BCUT2D eigenvalue weighted by molar-refractivity contribution is 5.74. The fourth-order valence-electron chi connectivity index (χ4n) is 3.12. The molecular formula is C18H26N2O3. The summed E-state index contributed by atoms with van der Waals surface area (Å²) in [4.78, 5) is 14.1. The smallest absolute Gasteiger partial charge is 0.317 e. The minimum absolute atomic E-state index is 0.0312. The van der Waals surface area contributed by atoms with Crippen LogP contribution in [0.2, 0.25) is 0 Å². The van der Waals surface area contributed by atoms with Crippen molar-refractivity contribution in [1.82, 2.24) is 10.2 Å². The summed E-state index contributed by atoms with van der Waals surface area (Å²) < 4.78 is 11.0. The van der Waals surface area contributed by atoms with Crippen molar-refractivity contribution in [2.45, 2.75) is 25.8 Å². The number of hydrogen-bond donors (Lipinski definition) is 1. The molecule has 1 saturated heterocycles. The zero-order valence-corrected chi connectivity index (χ0v) is 13.6. The highest BCUT2D eigenvalue weighted by atomic mass is 16.5. The van der Waals surface area contributed by atoms with Gasteiger partial charge in [0.1, 0.15) is 0 Å². The third-order valence-corrected chi connectivity index (χ3v) is 4.54. The second-order valence-corrected chi connectivity index (χ2v) is 6.33. The Morgan fingerprint density at radius 3 is 3.04 bits per heavy atom. The molecule has 0 radical (unpaired) electrons. The van der Waals surface area contributed by atoms with E-state index in [0.717, 1.165) is 45.6 Å². The summed E-state index contributed by atoms with van der Waals surface area (Å²) in [6.45, 7) is 5.33. The van der Waals surface area contributed by atoms with Crippen LogP contribution in [0.1, 0.15) is 24.0 Å². The molecule has 5 nitrogen and oxygen atoms in total. The SMILES string of the molecule is O=C(NCCCOCC1CCOC1)N1CCc2ccccc2C1. The van der Waals surface area contributed by atoms with Gasteiger partial charge in [0.15, 0.2) is 0 Å². The molecule has 3 rings (SSSR count). The van der Waals surface area contributed by atoms with Gasteiger partial charge in [0.25, 0.3) is 0 Å². The molecule has 0 bridgehead atoms. The number of carbonyl (C=O) groups is 1. The number of carbonyl (C=O) groups excluding carboxylic acids is 1. The number of urea groups is 1. The molecule has 1 atom stereocenters. The number of benzene rings is 1. The second kappa shape index (κ2) is 8.31. The lowest BCUT2D eigenvalue weighted by atomic mass is 10.0. The maximum absolute atomic E-state index is 12.2. The first kappa shape index (κ1) is 16.3. The molecule has 2 amide bonds. The number of amides is 2. The fourth-order valence-corrected chi connectivity index (χ4v) is 3.12. The molecule has 2 aliphatic rings. The lowest BCUT2D eigenvalue weighted by molar-refractivity contribution is 0.0882. The minimum atomic E-state index is 0.0312. The minimum Gasteiger partial charge on any atom is -0.381 e. The van der Waals surface area contributed by atoms with Gasteiger partial charge in [0.2, 0.25) is 0 Å². The Hall–Kier alpha value is -1.59. The fraction of sp³-hybridized carbons (Fsp3) is 0.611. The van der Waals surface area contributed by atoms with Crippen LogP contribution in [0.15, 0.2) is 24.3 Å². The summed E-state index contributed by atoms with van der Waals surface area (Å²) in [7, 11) is 0. The van der Waals surface area contributed by atoms with Crippen molar-refractivity contribution in [2.24, 2.45) is 5.92 Å². The first-order valence-electron chi connectivity index (χ1n) is 8.58. The van der Waals surface area contributed by atoms with Crippen LogP contribution in [0, 0.1) is 5.92 Å². The molecule has 2 heterocycles. The van der Waals surface area contributed by atoms with Crippen LogP contribution in [0.5, 0.6) is 0 Å². The molecule has 2 aliphatic heterocycles. The van der Waals surface area contributed by atoms with Gasteiger partial charge < -0.3 is 19.7 Å². The maximum atomic E-state index is 12.2. The van der Waals surface area contributed by atoms with Crippen LogP contribution in [-0.2, 0) is 22.4 Å². The molecule has 1 fully saturated rings. The van der Waals surface area contributed by atoms with Crippen LogP contribution in [0.4, 0.5) is 4.79 Å². The zero-order chi connectivity index (χ0) is 15.9. The number of hydrogen-bond acceptors (Lipinski definition) is 3. The topological polar surface area (TPSA) is 50.8 Å². The van der Waals surface area contributed by atoms with E-state index in [1.54, 1.807) is 0 Å². The number of rotatable bonds is 6. The molecule has 1 aromatic carbocycles. The Kier molecular flexibility index (Phi) is 5.88. The van der Waals surface area contributed by atoms with Gasteiger partial charge in [-0.25, -0.2) is 4.79 Å². The van der Waals surface area contributed by atoms with Gasteiger partial charge in [-0.1, -0.05) is 24.3 Å². The molecule has 1 N–H and O–H groups in total. The van der Waals surface area contributed by atoms with Crippen LogP contribution in [0.25, 0.3) is 0 Å². The van der Waals surface area contributed by atoms with E-state index >= 15 is 0 Å². The Labute approximate surface area is 137 Å². The Morgan fingerprint density at radius 2 is 2.22 bits per heavy atom. The molecule has 126 valence electrons. The lowest BCUT2D eigenvalue weighted by Crippen LogP contribution is -2.43. The maximum Gasteiger partial charge on any atom is 0.317 e. The largest absolute Gasteiger partial charge is 0.381 e. The monoisotopic (exact) mass is 318 g/mol. The van der Waals surface area contributed by atoms with E-state index in [1.165, 1.54) is 11.1 Å². The predicted molar refractivity (Wildman–Crippen MR) is 88.3 cm³/mol. The first-order valence-corrected chi connectivity index (χ1v) is 8.58. The van der Waals surface area contributed by atoms with Crippen LogP contribution < -0.4 is 5.32 Å². The van der Waals surface area contributed by atoms with E-state index in [0.29, 0.717) is 25.6 Å². The summed E-state index contributed by atoms with van der Waals surface area (Å²) in [5, 5.41) is 2.99. The summed E-state index contributed by atoms with van der Waals surface area (Å²) >= 11 is 0. The van der Waals surface area contributed by atoms with E-state index in [4.69, 9.17) is 9.47 Å². The molecule has 23 heavy (non-hydrogen) atoms. The third-order valence-electron chi connectivity index (χ3n) is 4.54. The Balaban J connectivity index is 1.29.